The van der Waals surface area contributed by atoms with Gasteiger partial charge in [0.05, 0.1) is 5.60 Å². The van der Waals surface area contributed by atoms with Crippen molar-refractivity contribution in [2.24, 2.45) is 0 Å². The lowest BCUT2D eigenvalue weighted by Crippen LogP contribution is -2.37. The fourth-order valence-corrected chi connectivity index (χ4v) is 2.06. The maximum atomic E-state index is 12.1. The highest BCUT2D eigenvalue weighted by Crippen LogP contribution is 2.24. The summed E-state index contributed by atoms with van der Waals surface area (Å²) in [4.78, 5) is 0. The Morgan fingerprint density at radius 3 is 2.14 bits per heavy atom. The number of methoxy groups -OCH3 is 1. The second-order valence-corrected chi connectivity index (χ2v) is 5.55. The Morgan fingerprint density at radius 1 is 1.14 bits per heavy atom. The van der Waals surface area contributed by atoms with Crippen LogP contribution in [0.1, 0.15) is 25.8 Å². The Morgan fingerprint density at radius 2 is 1.71 bits per heavy atom. The molecule has 1 aromatic rings. The molecule has 1 N–H and O–H groups in total. The maximum Gasteiger partial charge on any atom is 0.573 e. The van der Waals surface area contributed by atoms with Crippen molar-refractivity contribution in [2.75, 3.05) is 14.2 Å². The number of nitrogens with one attached hydrogen (secondary N) is 1. The molecule has 0 saturated carbocycles. The number of rotatable bonds is 7. The molecule has 0 heterocycles. The number of halogens is 3. The smallest absolute Gasteiger partial charge is 0.406 e. The molecule has 0 radical (unpaired) electrons. The third kappa shape index (κ3) is 6.82. The summed E-state index contributed by atoms with van der Waals surface area (Å²) in [5.41, 5.74) is 0.684. The van der Waals surface area contributed by atoms with Crippen LogP contribution in [0.3, 0.4) is 0 Å². The third-order valence-electron chi connectivity index (χ3n) is 3.34. The molecule has 0 aliphatic heterocycles. The second kappa shape index (κ2) is 7.13. The molecule has 0 amide bonds. The first-order valence-corrected chi connectivity index (χ1v) is 6.72. The van der Waals surface area contributed by atoms with Crippen LogP contribution in [0.15, 0.2) is 24.3 Å². The molecule has 1 aromatic carbocycles. The van der Waals surface area contributed by atoms with Gasteiger partial charge in [-0.05, 0) is 51.4 Å². The van der Waals surface area contributed by atoms with Crippen LogP contribution in [0, 0.1) is 0 Å². The summed E-state index contributed by atoms with van der Waals surface area (Å²) in [5, 5.41) is 3.20. The van der Waals surface area contributed by atoms with Gasteiger partial charge in [-0.3, -0.25) is 0 Å². The lowest BCUT2D eigenvalue weighted by molar-refractivity contribution is -0.274. The first kappa shape index (κ1) is 17.8. The van der Waals surface area contributed by atoms with Crippen LogP contribution in [0.5, 0.6) is 5.75 Å². The molecule has 0 aromatic heterocycles. The van der Waals surface area contributed by atoms with Gasteiger partial charge in [-0.2, -0.15) is 0 Å². The molecular weight excluding hydrogens is 283 g/mol. The fraction of sp³-hybridized carbons (Fsp3) is 0.600. The van der Waals surface area contributed by atoms with Gasteiger partial charge in [0.2, 0.25) is 0 Å². The zero-order valence-corrected chi connectivity index (χ0v) is 12.8. The SMILES string of the molecule is CNC(Cc1ccc(OC(F)(F)F)cc1)CC(C)(C)OC. The third-order valence-corrected chi connectivity index (χ3v) is 3.34. The summed E-state index contributed by atoms with van der Waals surface area (Å²) in [5.74, 6) is -0.204. The molecule has 6 heteroatoms. The molecule has 0 aliphatic carbocycles. The van der Waals surface area contributed by atoms with E-state index in [0.717, 1.165) is 12.0 Å². The van der Waals surface area contributed by atoms with Crippen LogP contribution in [-0.4, -0.2) is 32.2 Å². The Bertz CT molecular complexity index is 430. The van der Waals surface area contributed by atoms with Crippen LogP contribution in [0.4, 0.5) is 13.2 Å². The lowest BCUT2D eigenvalue weighted by atomic mass is 9.94. The highest BCUT2D eigenvalue weighted by Gasteiger charge is 2.31. The standard InChI is InChI=1S/C15H22F3NO2/c1-14(2,20-4)10-12(19-3)9-11-5-7-13(8-6-11)21-15(16,17)18/h5-8,12,19H,9-10H2,1-4H3. The van der Waals surface area contributed by atoms with Crippen LogP contribution in [-0.2, 0) is 11.2 Å². The Hall–Kier alpha value is -1.27. The summed E-state index contributed by atoms with van der Waals surface area (Å²) < 4.78 is 45.5. The molecule has 0 aliphatic rings. The van der Waals surface area contributed by atoms with Crippen molar-refractivity contribution in [2.45, 2.75) is 44.7 Å². The molecule has 1 rings (SSSR count). The molecule has 120 valence electrons. The summed E-state index contributed by atoms with van der Waals surface area (Å²) in [6.45, 7) is 4.00. The number of hydrogen-bond donors (Lipinski definition) is 1. The first-order chi connectivity index (χ1) is 9.65. The molecular formula is C15H22F3NO2. The minimum atomic E-state index is -4.66. The maximum absolute atomic E-state index is 12.1. The van der Waals surface area contributed by atoms with Crippen molar-refractivity contribution in [3.05, 3.63) is 29.8 Å². The highest BCUT2D eigenvalue weighted by molar-refractivity contribution is 5.28. The second-order valence-electron chi connectivity index (χ2n) is 5.55. The molecule has 0 saturated heterocycles. The Kier molecular flexibility index (Phi) is 6.04. The monoisotopic (exact) mass is 305 g/mol. The predicted octanol–water partition coefficient (Wildman–Crippen LogP) is 3.53. The van der Waals surface area contributed by atoms with E-state index in [9.17, 15) is 13.2 Å². The van der Waals surface area contributed by atoms with E-state index in [2.05, 4.69) is 10.1 Å². The van der Waals surface area contributed by atoms with Crippen molar-refractivity contribution >= 4 is 0 Å². The highest BCUT2D eigenvalue weighted by atomic mass is 19.4. The van der Waals surface area contributed by atoms with E-state index in [1.54, 1.807) is 19.2 Å². The van der Waals surface area contributed by atoms with E-state index in [-0.39, 0.29) is 17.4 Å². The van der Waals surface area contributed by atoms with Crippen molar-refractivity contribution in [3.8, 4) is 5.75 Å². The summed E-state index contributed by atoms with van der Waals surface area (Å²) in [7, 11) is 3.52. The average molecular weight is 305 g/mol. The normalized spacial score (nSPS) is 14.0. The Balaban J connectivity index is 2.65. The summed E-state index contributed by atoms with van der Waals surface area (Å²) >= 11 is 0. The quantitative estimate of drug-likeness (QED) is 0.836. The molecule has 0 bridgehead atoms. The average Bonchev–Trinajstić information content (AvgIpc) is 2.38. The van der Waals surface area contributed by atoms with E-state index in [4.69, 9.17) is 4.74 Å². The van der Waals surface area contributed by atoms with E-state index in [1.807, 2.05) is 20.9 Å². The van der Waals surface area contributed by atoms with Crippen LogP contribution >= 0.6 is 0 Å². The topological polar surface area (TPSA) is 30.5 Å². The van der Waals surface area contributed by atoms with Gasteiger partial charge in [-0.1, -0.05) is 12.1 Å². The van der Waals surface area contributed by atoms with Crippen molar-refractivity contribution in [3.63, 3.8) is 0 Å². The molecule has 3 nitrogen and oxygen atoms in total. The van der Waals surface area contributed by atoms with Gasteiger partial charge in [0.15, 0.2) is 0 Å². The molecule has 0 spiro atoms. The number of hydrogen-bond acceptors (Lipinski definition) is 3. The van der Waals surface area contributed by atoms with Gasteiger partial charge >= 0.3 is 6.36 Å². The summed E-state index contributed by atoms with van der Waals surface area (Å²) in [6.07, 6.45) is -3.16. The van der Waals surface area contributed by atoms with Crippen LogP contribution in [0.25, 0.3) is 0 Å². The predicted molar refractivity (Wildman–Crippen MR) is 75.4 cm³/mol. The summed E-state index contributed by atoms with van der Waals surface area (Å²) in [6, 6.07) is 6.12. The van der Waals surface area contributed by atoms with Crippen molar-refractivity contribution in [1.82, 2.24) is 5.32 Å². The fourth-order valence-electron chi connectivity index (χ4n) is 2.06. The molecule has 0 fully saturated rings. The molecule has 1 atom stereocenters. The molecule has 21 heavy (non-hydrogen) atoms. The zero-order valence-electron chi connectivity index (χ0n) is 12.8. The number of likely N-dealkylation sites (N-methyl/N-ethyl adjacent to an activating group) is 1. The minimum absolute atomic E-state index is 0.175. The van der Waals surface area contributed by atoms with Gasteiger partial charge in [0.25, 0.3) is 0 Å². The van der Waals surface area contributed by atoms with E-state index < -0.39 is 6.36 Å². The molecule has 1 unspecified atom stereocenters. The first-order valence-electron chi connectivity index (χ1n) is 6.72. The van der Waals surface area contributed by atoms with Crippen molar-refractivity contribution in [1.29, 1.82) is 0 Å². The number of benzene rings is 1. The number of ether oxygens (including phenoxy) is 2. The van der Waals surface area contributed by atoms with E-state index >= 15 is 0 Å². The van der Waals surface area contributed by atoms with Crippen LogP contribution in [0.2, 0.25) is 0 Å². The zero-order chi connectivity index (χ0) is 16.1. The van der Waals surface area contributed by atoms with Gasteiger partial charge in [0, 0.05) is 13.2 Å². The minimum Gasteiger partial charge on any atom is -0.406 e. The lowest BCUT2D eigenvalue weighted by Gasteiger charge is -2.28. The van der Waals surface area contributed by atoms with Gasteiger partial charge in [0.1, 0.15) is 5.75 Å². The number of alkyl halides is 3. The Labute approximate surface area is 123 Å². The van der Waals surface area contributed by atoms with Crippen LogP contribution < -0.4 is 10.1 Å². The van der Waals surface area contributed by atoms with Gasteiger partial charge < -0.3 is 14.8 Å². The van der Waals surface area contributed by atoms with Gasteiger partial charge in [-0.15, -0.1) is 13.2 Å². The van der Waals surface area contributed by atoms with E-state index in [1.165, 1.54) is 12.1 Å². The largest absolute Gasteiger partial charge is 0.573 e. The van der Waals surface area contributed by atoms with E-state index in [0.29, 0.717) is 6.42 Å². The van der Waals surface area contributed by atoms with Gasteiger partial charge in [-0.25, -0.2) is 0 Å². The van der Waals surface area contributed by atoms with Crippen molar-refractivity contribution < 1.29 is 22.6 Å².